The second-order valence-electron chi connectivity index (χ2n) is 8.64. The number of hydrogen-bond donors (Lipinski definition) is 1. The fourth-order valence-corrected chi connectivity index (χ4v) is 4.40. The van der Waals surface area contributed by atoms with E-state index >= 15 is 0 Å². The summed E-state index contributed by atoms with van der Waals surface area (Å²) in [6, 6.07) is 10.9. The first-order valence-corrected chi connectivity index (χ1v) is 13.0. The van der Waals surface area contributed by atoms with Crippen molar-refractivity contribution in [1.29, 1.82) is 0 Å². The van der Waals surface area contributed by atoms with Crippen LogP contribution in [0.1, 0.15) is 32.8 Å². The van der Waals surface area contributed by atoms with Gasteiger partial charge in [-0.15, -0.1) is 0 Å². The zero-order chi connectivity index (χ0) is 27.0. The minimum atomic E-state index is -4.11. The third-order valence-electron chi connectivity index (χ3n) is 5.79. The van der Waals surface area contributed by atoms with Crippen molar-refractivity contribution in [3.05, 3.63) is 59.9 Å². The van der Waals surface area contributed by atoms with Crippen LogP contribution < -0.4 is 14.4 Å². The molecule has 0 heterocycles. The lowest BCUT2D eigenvalue weighted by Gasteiger charge is -2.33. The van der Waals surface area contributed by atoms with Crippen LogP contribution in [0.5, 0.6) is 5.75 Å². The molecule has 0 saturated heterocycles. The number of methoxy groups -OCH3 is 1. The fraction of sp³-hybridized carbons (Fsp3) is 0.440. The van der Waals surface area contributed by atoms with Crippen LogP contribution in [0.15, 0.2) is 48.5 Å². The van der Waals surface area contributed by atoms with E-state index in [4.69, 9.17) is 4.74 Å². The topological polar surface area (TPSA) is 99.3 Å². The molecule has 0 bridgehead atoms. The van der Waals surface area contributed by atoms with Gasteiger partial charge in [0.15, 0.2) is 0 Å². The van der Waals surface area contributed by atoms with E-state index in [1.165, 1.54) is 38.2 Å². The van der Waals surface area contributed by atoms with Crippen LogP contribution in [0.3, 0.4) is 0 Å². The number of amides is 2. The molecule has 9 nitrogen and oxygen atoms in total. The Morgan fingerprint density at radius 1 is 1.08 bits per heavy atom. The summed E-state index contributed by atoms with van der Waals surface area (Å²) in [6.45, 7) is 4.85. The zero-order valence-electron chi connectivity index (χ0n) is 21.6. The number of anilines is 1. The van der Waals surface area contributed by atoms with Gasteiger partial charge in [-0.1, -0.05) is 19.1 Å². The molecule has 0 fully saturated rings. The van der Waals surface area contributed by atoms with E-state index in [2.05, 4.69) is 5.32 Å². The molecule has 36 heavy (non-hydrogen) atoms. The van der Waals surface area contributed by atoms with E-state index in [1.54, 1.807) is 31.2 Å². The number of carbonyl (C=O) groups is 2. The maximum absolute atomic E-state index is 13.6. The maximum atomic E-state index is 13.6. The minimum Gasteiger partial charge on any atom is -0.497 e. The molecule has 0 saturated carbocycles. The van der Waals surface area contributed by atoms with Crippen LogP contribution in [-0.2, 0) is 26.3 Å². The highest BCUT2D eigenvalue weighted by Gasteiger charge is 2.33. The number of benzene rings is 2. The molecule has 2 atom stereocenters. The summed E-state index contributed by atoms with van der Waals surface area (Å²) in [5.41, 5.74) is 0.825. The lowest BCUT2D eigenvalue weighted by molar-refractivity contribution is -0.139. The Labute approximate surface area is 213 Å². The summed E-state index contributed by atoms with van der Waals surface area (Å²) in [5.74, 6) is -0.911. The molecular formula is C25H35FN4O5S. The molecule has 0 aliphatic heterocycles. The second kappa shape index (κ2) is 12.7. The SMILES string of the molecule is CC[C@H](C)NC(=O)[C@@H](C)N(Cc1cccc(OC)c1)C(=O)CN(c1ccc(F)cc1)S(=O)(=O)N(C)C. The van der Waals surface area contributed by atoms with Crippen molar-refractivity contribution >= 4 is 27.7 Å². The van der Waals surface area contributed by atoms with Gasteiger partial charge in [-0.05, 0) is 62.2 Å². The van der Waals surface area contributed by atoms with Gasteiger partial charge in [-0.3, -0.25) is 9.59 Å². The van der Waals surface area contributed by atoms with Crippen molar-refractivity contribution in [3.63, 3.8) is 0 Å². The molecule has 0 unspecified atom stereocenters. The average molecular weight is 523 g/mol. The van der Waals surface area contributed by atoms with Crippen LogP contribution >= 0.6 is 0 Å². The average Bonchev–Trinajstić information content (AvgIpc) is 2.85. The number of halogens is 1. The highest BCUT2D eigenvalue weighted by Crippen LogP contribution is 2.22. The molecule has 0 aliphatic carbocycles. The Hall–Kier alpha value is -3.18. The van der Waals surface area contributed by atoms with E-state index in [9.17, 15) is 22.4 Å². The van der Waals surface area contributed by atoms with Crippen molar-refractivity contribution < 1.29 is 27.1 Å². The summed E-state index contributed by atoms with van der Waals surface area (Å²) in [4.78, 5) is 27.9. The predicted octanol–water partition coefficient (Wildman–Crippen LogP) is 2.78. The van der Waals surface area contributed by atoms with Crippen LogP contribution in [0.4, 0.5) is 10.1 Å². The van der Waals surface area contributed by atoms with Gasteiger partial charge in [0, 0.05) is 26.7 Å². The van der Waals surface area contributed by atoms with Gasteiger partial charge >= 0.3 is 10.2 Å². The summed E-state index contributed by atoms with van der Waals surface area (Å²) in [7, 11) is 0.0947. The molecule has 0 aromatic heterocycles. The van der Waals surface area contributed by atoms with Crippen LogP contribution in [-0.4, -0.2) is 69.3 Å². The standard InChI is InChI=1S/C25H35FN4O5S/c1-7-18(2)27-25(32)19(3)29(16-20-9-8-10-23(15-20)35-6)24(31)17-30(36(33,34)28(4)5)22-13-11-21(26)12-14-22/h8-15,18-19H,7,16-17H2,1-6H3,(H,27,32)/t18-,19+/m0/s1. The van der Waals surface area contributed by atoms with Gasteiger partial charge < -0.3 is 15.0 Å². The van der Waals surface area contributed by atoms with Gasteiger partial charge in [-0.2, -0.15) is 12.7 Å². The molecule has 0 spiro atoms. The molecule has 198 valence electrons. The van der Waals surface area contributed by atoms with Crippen LogP contribution in [0.2, 0.25) is 0 Å². The number of nitrogens with zero attached hydrogens (tertiary/aromatic N) is 3. The van der Waals surface area contributed by atoms with Crippen LogP contribution in [0, 0.1) is 5.82 Å². The smallest absolute Gasteiger partial charge is 0.304 e. The summed E-state index contributed by atoms with van der Waals surface area (Å²) < 4.78 is 46.8. The number of hydrogen-bond acceptors (Lipinski definition) is 5. The van der Waals surface area contributed by atoms with Gasteiger partial charge in [-0.25, -0.2) is 8.70 Å². The van der Waals surface area contributed by atoms with E-state index in [0.29, 0.717) is 17.7 Å². The molecular weight excluding hydrogens is 487 g/mol. The lowest BCUT2D eigenvalue weighted by Crippen LogP contribution is -2.53. The largest absolute Gasteiger partial charge is 0.497 e. The summed E-state index contributed by atoms with van der Waals surface area (Å²) >= 11 is 0. The zero-order valence-corrected chi connectivity index (χ0v) is 22.4. The molecule has 2 aromatic rings. The minimum absolute atomic E-state index is 0.0460. The van der Waals surface area contributed by atoms with E-state index in [-0.39, 0.29) is 24.2 Å². The first-order chi connectivity index (χ1) is 16.9. The van der Waals surface area contributed by atoms with E-state index < -0.39 is 34.5 Å². The molecule has 2 aromatic carbocycles. The highest BCUT2D eigenvalue weighted by molar-refractivity contribution is 7.90. The van der Waals surface area contributed by atoms with Gasteiger partial charge in [0.2, 0.25) is 11.8 Å². The fourth-order valence-electron chi connectivity index (χ4n) is 3.34. The van der Waals surface area contributed by atoms with Gasteiger partial charge in [0.25, 0.3) is 0 Å². The third kappa shape index (κ3) is 7.41. The van der Waals surface area contributed by atoms with Crippen molar-refractivity contribution in [1.82, 2.24) is 14.5 Å². The molecule has 2 amide bonds. The van der Waals surface area contributed by atoms with Gasteiger partial charge in [0.1, 0.15) is 24.2 Å². The molecule has 1 N–H and O–H groups in total. The van der Waals surface area contributed by atoms with E-state index in [1.807, 2.05) is 13.8 Å². The first-order valence-electron chi connectivity index (χ1n) is 11.6. The monoisotopic (exact) mass is 522 g/mol. The lowest BCUT2D eigenvalue weighted by atomic mass is 10.1. The van der Waals surface area contributed by atoms with Crippen LogP contribution in [0.25, 0.3) is 0 Å². The number of carbonyl (C=O) groups excluding carboxylic acids is 2. The molecule has 0 radical (unpaired) electrons. The summed E-state index contributed by atoms with van der Waals surface area (Å²) in [5, 5.41) is 2.87. The first kappa shape index (κ1) is 29.1. The van der Waals surface area contributed by atoms with Gasteiger partial charge in [0.05, 0.1) is 12.8 Å². The van der Waals surface area contributed by atoms with Crippen molar-refractivity contribution in [3.8, 4) is 5.75 Å². The number of nitrogens with one attached hydrogen (secondary N) is 1. The Kier molecular flexibility index (Phi) is 10.2. The van der Waals surface area contributed by atoms with Crippen molar-refractivity contribution in [2.75, 3.05) is 32.1 Å². The third-order valence-corrected chi connectivity index (χ3v) is 7.61. The Morgan fingerprint density at radius 2 is 1.72 bits per heavy atom. The molecule has 0 aliphatic rings. The Bertz CT molecular complexity index is 1140. The maximum Gasteiger partial charge on any atom is 0.304 e. The molecule has 2 rings (SSSR count). The van der Waals surface area contributed by atoms with E-state index in [0.717, 1.165) is 20.7 Å². The summed E-state index contributed by atoms with van der Waals surface area (Å²) in [6.07, 6.45) is 0.710. The Balaban J connectivity index is 2.46. The highest BCUT2D eigenvalue weighted by atomic mass is 32.2. The Morgan fingerprint density at radius 3 is 2.28 bits per heavy atom. The quantitative estimate of drug-likeness (QED) is 0.462. The number of ether oxygens (including phenoxy) is 1. The molecule has 11 heteroatoms. The number of rotatable bonds is 12. The van der Waals surface area contributed by atoms with Crippen molar-refractivity contribution in [2.45, 2.75) is 45.8 Å². The van der Waals surface area contributed by atoms with Crippen molar-refractivity contribution in [2.24, 2.45) is 0 Å². The predicted molar refractivity (Wildman–Crippen MR) is 137 cm³/mol. The normalized spacial score (nSPS) is 13.1. The second-order valence-corrected chi connectivity index (χ2v) is 10.7.